The average Bonchev–Trinajstić information content (AvgIpc) is 3.16. The molecular formula is C23H26N6. The number of anilines is 2. The molecule has 0 atom stereocenters. The van der Waals surface area contributed by atoms with Gasteiger partial charge in [-0.3, -0.25) is 9.38 Å². The van der Waals surface area contributed by atoms with Gasteiger partial charge in [-0.1, -0.05) is 24.3 Å². The first-order chi connectivity index (χ1) is 14.2. The van der Waals surface area contributed by atoms with Gasteiger partial charge in [-0.2, -0.15) is 0 Å². The van der Waals surface area contributed by atoms with Gasteiger partial charge in [0.1, 0.15) is 11.5 Å². The van der Waals surface area contributed by atoms with Crippen molar-refractivity contribution >= 4 is 28.1 Å². The number of rotatable bonds is 4. The molecule has 6 nitrogen and oxygen atoms in total. The molecule has 1 fully saturated rings. The van der Waals surface area contributed by atoms with Crippen LogP contribution in [0, 0.1) is 0 Å². The maximum atomic E-state index is 4.89. The Bertz CT molecular complexity index is 1140. The zero-order valence-electron chi connectivity index (χ0n) is 17.0. The fraction of sp³-hybridized carbons (Fsp3) is 0.304. The number of fused-ring (bicyclic) bond motifs is 2. The molecule has 4 aromatic rings. The topological polar surface area (TPSA) is 39.9 Å². The lowest BCUT2D eigenvalue weighted by molar-refractivity contribution is 0.312. The molecule has 4 heterocycles. The van der Waals surface area contributed by atoms with Crippen LogP contribution in [-0.2, 0) is 6.54 Å². The number of piperazine rings is 1. The maximum absolute atomic E-state index is 4.89. The third-order valence-corrected chi connectivity index (χ3v) is 5.77. The summed E-state index contributed by atoms with van der Waals surface area (Å²) in [6, 6.07) is 16.8. The Labute approximate surface area is 171 Å². The first-order valence-corrected chi connectivity index (χ1v) is 10.1. The molecule has 0 amide bonds. The second-order valence-electron chi connectivity index (χ2n) is 7.84. The van der Waals surface area contributed by atoms with Gasteiger partial charge in [0, 0.05) is 51.0 Å². The number of hydrogen-bond acceptors (Lipinski definition) is 5. The van der Waals surface area contributed by atoms with E-state index < -0.39 is 0 Å². The van der Waals surface area contributed by atoms with E-state index >= 15 is 0 Å². The molecule has 0 bridgehead atoms. The molecular weight excluding hydrogens is 360 g/mol. The minimum atomic E-state index is 0.736. The van der Waals surface area contributed by atoms with Crippen molar-refractivity contribution in [3.05, 3.63) is 66.6 Å². The molecule has 0 spiro atoms. The van der Waals surface area contributed by atoms with Gasteiger partial charge in [0.25, 0.3) is 0 Å². The summed E-state index contributed by atoms with van der Waals surface area (Å²) in [5.41, 5.74) is 4.21. The van der Waals surface area contributed by atoms with E-state index in [0.29, 0.717) is 0 Å². The van der Waals surface area contributed by atoms with Crippen molar-refractivity contribution in [2.24, 2.45) is 0 Å². The number of hydrogen-bond donors (Lipinski definition) is 0. The number of aromatic nitrogens is 3. The van der Waals surface area contributed by atoms with E-state index in [-0.39, 0.29) is 0 Å². The largest absolute Gasteiger partial charge is 0.367 e. The van der Waals surface area contributed by atoms with E-state index in [1.165, 1.54) is 5.82 Å². The van der Waals surface area contributed by atoms with E-state index in [2.05, 4.69) is 86.8 Å². The van der Waals surface area contributed by atoms with Crippen LogP contribution in [-0.4, -0.2) is 59.5 Å². The van der Waals surface area contributed by atoms with Crippen molar-refractivity contribution in [2.75, 3.05) is 50.1 Å². The summed E-state index contributed by atoms with van der Waals surface area (Å²) < 4.78 is 2.23. The zero-order valence-corrected chi connectivity index (χ0v) is 17.0. The van der Waals surface area contributed by atoms with Crippen LogP contribution >= 0.6 is 0 Å². The van der Waals surface area contributed by atoms with Crippen LogP contribution < -0.4 is 9.80 Å². The molecule has 148 valence electrons. The Balaban J connectivity index is 1.44. The highest BCUT2D eigenvalue weighted by Gasteiger charge is 2.17. The van der Waals surface area contributed by atoms with Gasteiger partial charge in [0.05, 0.1) is 23.4 Å². The lowest BCUT2D eigenvalue weighted by Gasteiger charge is -2.34. The summed E-state index contributed by atoms with van der Waals surface area (Å²) in [6.45, 7) is 5.01. The van der Waals surface area contributed by atoms with Crippen molar-refractivity contribution < 1.29 is 0 Å². The summed E-state index contributed by atoms with van der Waals surface area (Å²) in [4.78, 5) is 16.5. The molecule has 0 saturated carbocycles. The van der Waals surface area contributed by atoms with Gasteiger partial charge in [-0.25, -0.2) is 4.98 Å². The van der Waals surface area contributed by atoms with E-state index in [1.54, 1.807) is 0 Å². The van der Waals surface area contributed by atoms with Crippen LogP contribution in [0.5, 0.6) is 0 Å². The number of likely N-dealkylation sites (N-methyl/N-ethyl adjacent to an activating group) is 1. The molecule has 0 radical (unpaired) electrons. The quantitative estimate of drug-likeness (QED) is 0.538. The second-order valence-corrected chi connectivity index (χ2v) is 7.84. The molecule has 6 heteroatoms. The number of imidazole rings is 1. The van der Waals surface area contributed by atoms with Gasteiger partial charge in [-0.05, 0) is 31.3 Å². The third kappa shape index (κ3) is 3.40. The van der Waals surface area contributed by atoms with Crippen LogP contribution in [0.25, 0.3) is 16.6 Å². The minimum Gasteiger partial charge on any atom is -0.367 e. The van der Waals surface area contributed by atoms with Crippen molar-refractivity contribution in [1.82, 2.24) is 19.3 Å². The first kappa shape index (κ1) is 17.9. The highest BCUT2D eigenvalue weighted by atomic mass is 15.3. The van der Waals surface area contributed by atoms with Crippen LogP contribution in [0.4, 0.5) is 11.5 Å². The predicted octanol–water partition coefficient (Wildman–Crippen LogP) is 3.27. The molecule has 5 rings (SSSR count). The number of pyridine rings is 2. The molecule has 0 N–H and O–H groups in total. The molecule has 29 heavy (non-hydrogen) atoms. The minimum absolute atomic E-state index is 0.736. The highest BCUT2D eigenvalue weighted by Crippen LogP contribution is 2.26. The normalized spacial score (nSPS) is 15.3. The third-order valence-electron chi connectivity index (χ3n) is 5.77. The molecule has 3 aromatic heterocycles. The van der Waals surface area contributed by atoms with Crippen LogP contribution in [0.3, 0.4) is 0 Å². The molecule has 1 aromatic carbocycles. The summed E-state index contributed by atoms with van der Waals surface area (Å²) in [6.07, 6.45) is 4.03. The van der Waals surface area contributed by atoms with Gasteiger partial charge >= 0.3 is 0 Å². The summed E-state index contributed by atoms with van der Waals surface area (Å²) in [5, 5.41) is 1.16. The van der Waals surface area contributed by atoms with Crippen molar-refractivity contribution in [1.29, 1.82) is 0 Å². The summed E-state index contributed by atoms with van der Waals surface area (Å²) >= 11 is 0. The molecule has 1 aliphatic heterocycles. The van der Waals surface area contributed by atoms with Crippen molar-refractivity contribution in [3.8, 4) is 0 Å². The summed E-state index contributed by atoms with van der Waals surface area (Å²) in [5.74, 6) is 1.23. The standard InChI is InChI=1S/C23H26N6/c1-26-12-14-28(15-13-26)22-10-4-9-21-25-19(17-29(21)22)16-27(2)20-8-3-6-18-7-5-11-24-23(18)20/h3-11,17H,12-16H2,1-2H3. The Morgan fingerprint density at radius 2 is 1.76 bits per heavy atom. The van der Waals surface area contributed by atoms with Gasteiger partial charge < -0.3 is 14.7 Å². The highest BCUT2D eigenvalue weighted by molar-refractivity contribution is 5.90. The molecule has 1 aliphatic rings. The Morgan fingerprint density at radius 1 is 0.966 bits per heavy atom. The molecule has 0 aliphatic carbocycles. The van der Waals surface area contributed by atoms with E-state index in [0.717, 1.165) is 60.7 Å². The van der Waals surface area contributed by atoms with E-state index in [4.69, 9.17) is 4.98 Å². The second kappa shape index (κ2) is 7.37. The van der Waals surface area contributed by atoms with Crippen LogP contribution in [0.15, 0.2) is 60.9 Å². The van der Waals surface area contributed by atoms with E-state index in [1.807, 2.05) is 12.3 Å². The van der Waals surface area contributed by atoms with Gasteiger partial charge in [0.2, 0.25) is 0 Å². The fourth-order valence-electron chi connectivity index (χ4n) is 4.14. The lowest BCUT2D eigenvalue weighted by Crippen LogP contribution is -2.45. The van der Waals surface area contributed by atoms with Crippen LogP contribution in [0.1, 0.15) is 5.69 Å². The Morgan fingerprint density at radius 3 is 2.62 bits per heavy atom. The zero-order chi connectivity index (χ0) is 19.8. The van der Waals surface area contributed by atoms with Crippen molar-refractivity contribution in [2.45, 2.75) is 6.54 Å². The molecule has 1 saturated heterocycles. The Kier molecular flexibility index (Phi) is 4.56. The number of para-hydroxylation sites is 1. The SMILES string of the molecule is CN1CCN(c2cccc3nc(CN(C)c4cccc5cccnc45)cn23)CC1. The molecule has 0 unspecified atom stereocenters. The monoisotopic (exact) mass is 386 g/mol. The number of nitrogens with zero attached hydrogens (tertiary/aromatic N) is 6. The van der Waals surface area contributed by atoms with Crippen LogP contribution in [0.2, 0.25) is 0 Å². The average molecular weight is 387 g/mol. The predicted molar refractivity (Wildman–Crippen MR) is 119 cm³/mol. The smallest absolute Gasteiger partial charge is 0.138 e. The van der Waals surface area contributed by atoms with E-state index in [9.17, 15) is 0 Å². The maximum Gasteiger partial charge on any atom is 0.138 e. The first-order valence-electron chi connectivity index (χ1n) is 10.1. The van der Waals surface area contributed by atoms with Gasteiger partial charge in [-0.15, -0.1) is 0 Å². The van der Waals surface area contributed by atoms with Gasteiger partial charge in [0.15, 0.2) is 0 Å². The lowest BCUT2D eigenvalue weighted by atomic mass is 10.2. The number of benzene rings is 1. The summed E-state index contributed by atoms with van der Waals surface area (Å²) in [7, 11) is 4.29. The fourth-order valence-corrected chi connectivity index (χ4v) is 4.14. The Hall–Kier alpha value is -3.12. The van der Waals surface area contributed by atoms with Crippen molar-refractivity contribution in [3.63, 3.8) is 0 Å².